The van der Waals surface area contributed by atoms with Crippen molar-refractivity contribution < 1.29 is 4.79 Å². The third-order valence-corrected chi connectivity index (χ3v) is 6.50. The quantitative estimate of drug-likeness (QED) is 0.550. The number of piperidine rings is 1. The van der Waals surface area contributed by atoms with E-state index in [1.807, 2.05) is 40.7 Å². The normalized spacial score (nSPS) is 14.6. The number of nitrogens with one attached hydrogen (secondary N) is 2. The van der Waals surface area contributed by atoms with Crippen LogP contribution in [-0.2, 0) is 11.2 Å². The average Bonchev–Trinajstić information content (AvgIpc) is 3.14. The van der Waals surface area contributed by atoms with E-state index in [-0.39, 0.29) is 18.1 Å². The van der Waals surface area contributed by atoms with Gasteiger partial charge in [0.2, 0.25) is 5.91 Å². The highest BCUT2D eigenvalue weighted by Gasteiger charge is 2.22. The molecule has 1 aliphatic heterocycles. The third-order valence-electron chi connectivity index (χ3n) is 5.59. The molecule has 3 aromatic rings. The van der Waals surface area contributed by atoms with Crippen LogP contribution in [0.25, 0.3) is 5.69 Å². The van der Waals surface area contributed by atoms with Gasteiger partial charge in [-0.2, -0.15) is 0 Å². The van der Waals surface area contributed by atoms with E-state index < -0.39 is 11.2 Å². The van der Waals surface area contributed by atoms with Crippen molar-refractivity contribution in [3.05, 3.63) is 68.3 Å². The molecule has 0 saturated carbocycles. The molecule has 0 bridgehead atoms. The van der Waals surface area contributed by atoms with Gasteiger partial charge in [0, 0.05) is 37.0 Å². The zero-order valence-corrected chi connectivity index (χ0v) is 18.9. The van der Waals surface area contributed by atoms with Crippen molar-refractivity contribution in [3.8, 4) is 5.69 Å². The molecule has 4 rings (SSSR count). The summed E-state index contributed by atoms with van der Waals surface area (Å²) in [4.78, 5) is 42.8. The summed E-state index contributed by atoms with van der Waals surface area (Å²) in [6.07, 6.45) is 2.29. The minimum Gasteiger partial charge on any atom is -0.342 e. The molecule has 1 fully saturated rings. The lowest BCUT2D eigenvalue weighted by Gasteiger charge is -2.30. The molecule has 0 unspecified atom stereocenters. The lowest BCUT2D eigenvalue weighted by molar-refractivity contribution is -0.129. The Morgan fingerprint density at radius 3 is 2.66 bits per heavy atom. The van der Waals surface area contributed by atoms with E-state index in [4.69, 9.17) is 0 Å². The molecule has 9 nitrogen and oxygen atoms in total. The van der Waals surface area contributed by atoms with Gasteiger partial charge in [0.15, 0.2) is 5.16 Å². The van der Waals surface area contributed by atoms with Crippen LogP contribution in [0.5, 0.6) is 0 Å². The summed E-state index contributed by atoms with van der Waals surface area (Å²) in [6, 6.07) is 9.22. The van der Waals surface area contributed by atoms with Crippen LogP contribution in [0.2, 0.25) is 0 Å². The van der Waals surface area contributed by atoms with E-state index in [1.54, 1.807) is 0 Å². The second kappa shape index (κ2) is 9.56. The molecule has 0 atom stereocenters. The highest BCUT2D eigenvalue weighted by atomic mass is 32.2. The van der Waals surface area contributed by atoms with E-state index in [1.165, 1.54) is 17.8 Å². The molecule has 0 aliphatic carbocycles. The number of carbonyl (C=O) groups excluding carboxylic acids is 1. The molecule has 168 valence electrons. The van der Waals surface area contributed by atoms with E-state index in [0.29, 0.717) is 22.6 Å². The van der Waals surface area contributed by atoms with Crippen LogP contribution in [0.1, 0.15) is 36.8 Å². The van der Waals surface area contributed by atoms with Crippen LogP contribution in [0.15, 0.2) is 45.1 Å². The van der Waals surface area contributed by atoms with Crippen LogP contribution in [0.3, 0.4) is 0 Å². The Balaban J connectivity index is 1.60. The fourth-order valence-corrected chi connectivity index (χ4v) is 4.67. The summed E-state index contributed by atoms with van der Waals surface area (Å²) < 4.78 is 1.88. The standard InChI is InChI=1S/C22H26N6O3S/c1-14-6-8-27(9-7-14)20(30)13-32-22-26-25-18(11-16-12-19(29)24-21(31)23-16)28(22)17-5-3-4-15(2)10-17/h3-5,10,12,14H,6-9,11,13H2,1-2H3,(H2,23,24,29,31). The van der Waals surface area contributed by atoms with E-state index in [9.17, 15) is 14.4 Å². The summed E-state index contributed by atoms with van der Waals surface area (Å²) in [5.41, 5.74) is 1.34. The molecular formula is C22H26N6O3S. The number of amides is 1. The van der Waals surface area contributed by atoms with Crippen LogP contribution >= 0.6 is 11.8 Å². The average molecular weight is 455 g/mol. The van der Waals surface area contributed by atoms with Gasteiger partial charge in [-0.05, 0) is 43.4 Å². The fourth-order valence-electron chi connectivity index (χ4n) is 3.80. The smallest absolute Gasteiger partial charge is 0.325 e. The topological polar surface area (TPSA) is 117 Å². The number of hydrogen-bond acceptors (Lipinski definition) is 6. The van der Waals surface area contributed by atoms with E-state index >= 15 is 0 Å². The number of thioether (sulfide) groups is 1. The lowest BCUT2D eigenvalue weighted by Crippen LogP contribution is -2.38. The van der Waals surface area contributed by atoms with Crippen LogP contribution < -0.4 is 11.2 Å². The van der Waals surface area contributed by atoms with Gasteiger partial charge in [-0.25, -0.2) is 4.79 Å². The summed E-state index contributed by atoms with van der Waals surface area (Å²) in [6.45, 7) is 5.81. The first-order valence-electron chi connectivity index (χ1n) is 10.6. The summed E-state index contributed by atoms with van der Waals surface area (Å²) >= 11 is 1.35. The number of benzene rings is 1. The number of aromatic amines is 2. The minimum atomic E-state index is -0.565. The zero-order valence-electron chi connectivity index (χ0n) is 18.1. The SMILES string of the molecule is Cc1cccc(-n2c(Cc3cc(=O)[nH]c(=O)[nH]3)nnc2SCC(=O)N2CCC(C)CC2)c1. The number of H-pyrrole nitrogens is 2. The number of likely N-dealkylation sites (tertiary alicyclic amines) is 1. The Kier molecular flexibility index (Phi) is 6.59. The molecule has 0 radical (unpaired) electrons. The molecule has 2 N–H and O–H groups in total. The Labute approximate surface area is 189 Å². The highest BCUT2D eigenvalue weighted by molar-refractivity contribution is 7.99. The maximum Gasteiger partial charge on any atom is 0.325 e. The molecule has 32 heavy (non-hydrogen) atoms. The largest absolute Gasteiger partial charge is 0.342 e. The first kappa shape index (κ1) is 22.1. The van der Waals surface area contributed by atoms with Crippen molar-refractivity contribution in [1.29, 1.82) is 0 Å². The van der Waals surface area contributed by atoms with E-state index in [0.717, 1.165) is 37.2 Å². The molecule has 1 aliphatic rings. The van der Waals surface area contributed by atoms with Crippen LogP contribution in [-0.4, -0.2) is 54.4 Å². The number of aromatic nitrogens is 5. The van der Waals surface area contributed by atoms with Gasteiger partial charge >= 0.3 is 5.69 Å². The number of carbonyl (C=O) groups is 1. The molecular weight excluding hydrogens is 428 g/mol. The predicted octanol–water partition coefficient (Wildman–Crippen LogP) is 1.89. The Bertz CT molecular complexity index is 1190. The Hall–Kier alpha value is -3.14. The minimum absolute atomic E-state index is 0.0983. The van der Waals surface area contributed by atoms with Crippen molar-refractivity contribution in [3.63, 3.8) is 0 Å². The molecule has 1 aromatic carbocycles. The maximum atomic E-state index is 12.7. The van der Waals surface area contributed by atoms with Crippen LogP contribution in [0, 0.1) is 12.8 Å². The second-order valence-corrected chi connectivity index (χ2v) is 9.16. The summed E-state index contributed by atoms with van der Waals surface area (Å²) in [7, 11) is 0. The second-order valence-electron chi connectivity index (χ2n) is 8.21. The molecule has 2 aromatic heterocycles. The van der Waals surface area contributed by atoms with Gasteiger partial charge in [-0.3, -0.25) is 19.1 Å². The van der Waals surface area contributed by atoms with Crippen LogP contribution in [0.4, 0.5) is 0 Å². The van der Waals surface area contributed by atoms with Crippen molar-refractivity contribution in [2.24, 2.45) is 5.92 Å². The summed E-state index contributed by atoms with van der Waals surface area (Å²) in [5.74, 6) is 1.61. The van der Waals surface area contributed by atoms with Crippen molar-refractivity contribution >= 4 is 17.7 Å². The number of aryl methyl sites for hydroxylation is 1. The molecule has 3 heterocycles. The highest BCUT2D eigenvalue weighted by Crippen LogP contribution is 2.25. The lowest BCUT2D eigenvalue weighted by atomic mass is 9.99. The van der Waals surface area contributed by atoms with Gasteiger partial charge in [-0.15, -0.1) is 10.2 Å². The number of nitrogens with zero attached hydrogens (tertiary/aromatic N) is 4. The first-order valence-corrected chi connectivity index (χ1v) is 11.6. The predicted molar refractivity (Wildman–Crippen MR) is 122 cm³/mol. The molecule has 1 amide bonds. The maximum absolute atomic E-state index is 12.7. The van der Waals surface area contributed by atoms with Gasteiger partial charge < -0.3 is 9.88 Å². The van der Waals surface area contributed by atoms with Gasteiger partial charge in [-0.1, -0.05) is 30.8 Å². The van der Waals surface area contributed by atoms with Crippen molar-refractivity contribution in [1.82, 2.24) is 29.6 Å². The van der Waals surface area contributed by atoms with E-state index in [2.05, 4.69) is 27.1 Å². The number of hydrogen-bond donors (Lipinski definition) is 2. The third kappa shape index (κ3) is 5.18. The van der Waals surface area contributed by atoms with Gasteiger partial charge in [0.05, 0.1) is 5.75 Å². The monoisotopic (exact) mass is 454 g/mol. The van der Waals surface area contributed by atoms with Crippen molar-refractivity contribution in [2.45, 2.75) is 38.3 Å². The Morgan fingerprint density at radius 2 is 1.94 bits per heavy atom. The number of rotatable bonds is 6. The molecule has 1 saturated heterocycles. The molecule has 0 spiro atoms. The Morgan fingerprint density at radius 1 is 1.16 bits per heavy atom. The summed E-state index contributed by atoms with van der Waals surface area (Å²) in [5, 5.41) is 9.22. The first-order chi connectivity index (χ1) is 15.4. The van der Waals surface area contributed by atoms with Gasteiger partial charge in [0.25, 0.3) is 5.56 Å². The van der Waals surface area contributed by atoms with Gasteiger partial charge in [0.1, 0.15) is 5.82 Å². The zero-order chi connectivity index (χ0) is 22.7. The molecule has 10 heteroatoms. The van der Waals surface area contributed by atoms with Crippen molar-refractivity contribution in [2.75, 3.05) is 18.8 Å². The fraction of sp³-hybridized carbons (Fsp3) is 0.409.